The zero-order valence-electron chi connectivity index (χ0n) is 16.6. The molecule has 1 aliphatic rings. The van der Waals surface area contributed by atoms with E-state index >= 15 is 0 Å². The quantitative estimate of drug-likeness (QED) is 0.502. The van der Waals surface area contributed by atoms with Gasteiger partial charge < -0.3 is 9.55 Å². The van der Waals surface area contributed by atoms with E-state index in [0.717, 1.165) is 28.4 Å². The van der Waals surface area contributed by atoms with Crippen LogP contribution in [-0.4, -0.2) is 40.3 Å². The van der Waals surface area contributed by atoms with E-state index in [2.05, 4.69) is 33.7 Å². The van der Waals surface area contributed by atoms with E-state index < -0.39 is 10.0 Å². The summed E-state index contributed by atoms with van der Waals surface area (Å²) in [6.07, 6.45) is 6.63. The molecule has 1 saturated heterocycles. The van der Waals surface area contributed by atoms with Gasteiger partial charge in [0, 0.05) is 47.5 Å². The summed E-state index contributed by atoms with van der Waals surface area (Å²) < 4.78 is 30.3. The highest BCUT2D eigenvalue weighted by Crippen LogP contribution is 2.35. The topological polar surface area (TPSA) is 71.0 Å². The number of rotatable bonds is 4. The molecule has 2 atom stereocenters. The number of nitrogens with zero attached hydrogens (tertiary/aromatic N) is 3. The summed E-state index contributed by atoms with van der Waals surface area (Å²) in [4.78, 5) is 7.63. The first-order valence-corrected chi connectivity index (χ1v) is 12.1. The summed E-state index contributed by atoms with van der Waals surface area (Å²) in [5.41, 5.74) is 2.58. The van der Waals surface area contributed by atoms with Gasteiger partial charge in [-0.15, -0.1) is 0 Å². The van der Waals surface area contributed by atoms with Crippen LogP contribution < -0.4 is 0 Å². The van der Waals surface area contributed by atoms with Crippen LogP contribution in [-0.2, 0) is 15.8 Å². The summed E-state index contributed by atoms with van der Waals surface area (Å²) in [6.45, 7) is 3.18. The van der Waals surface area contributed by atoms with E-state index in [1.54, 1.807) is 16.4 Å². The zero-order chi connectivity index (χ0) is 20.9. The van der Waals surface area contributed by atoms with Gasteiger partial charge in [0.05, 0.1) is 17.3 Å². The number of H-pyrrole nitrogens is 1. The lowest BCUT2D eigenvalue weighted by molar-refractivity contribution is 0.204. The first kappa shape index (κ1) is 19.6. The number of benzene rings is 1. The van der Waals surface area contributed by atoms with Crippen LogP contribution >= 0.6 is 11.6 Å². The minimum Gasteiger partial charge on any atom is -0.346 e. The highest BCUT2D eigenvalue weighted by Gasteiger charge is 2.34. The number of fused-ring (bicyclic) bond motifs is 3. The van der Waals surface area contributed by atoms with Crippen molar-refractivity contribution in [3.63, 3.8) is 0 Å². The molecule has 6 nitrogen and oxygen atoms in total. The summed E-state index contributed by atoms with van der Waals surface area (Å²) in [6, 6.07) is 11.3. The van der Waals surface area contributed by atoms with E-state index in [-0.39, 0.29) is 11.8 Å². The highest BCUT2D eigenvalue weighted by atomic mass is 35.5. The number of halogens is 1. The molecular formula is C22H23ClN4O2S. The van der Waals surface area contributed by atoms with E-state index in [1.807, 2.05) is 30.6 Å². The lowest BCUT2D eigenvalue weighted by atomic mass is 9.94. The Balaban J connectivity index is 1.49. The van der Waals surface area contributed by atoms with Crippen molar-refractivity contribution in [2.45, 2.75) is 25.1 Å². The number of pyridine rings is 1. The SMILES string of the molecule is C[C@@H]1CCN(S(=O)(=O)Cc2ccccc2Cl)C[C@@H]1n1ccc2cnc3[nH]ccc3c21. The van der Waals surface area contributed by atoms with Crippen LogP contribution in [0.15, 0.2) is 55.0 Å². The summed E-state index contributed by atoms with van der Waals surface area (Å²) in [5, 5.41) is 2.60. The Morgan fingerprint density at radius 3 is 2.90 bits per heavy atom. The molecule has 0 spiro atoms. The largest absolute Gasteiger partial charge is 0.346 e. The summed E-state index contributed by atoms with van der Waals surface area (Å²) in [5.74, 6) is 0.279. The standard InChI is InChI=1S/C22H23ClN4O2S/c1-15-7-10-26(30(28,29)14-17-4-2-3-5-19(17)23)13-20(15)27-11-8-16-12-25-22-18(21(16)27)6-9-24-22/h2-6,8-9,11-12,15,20H,7,10,13-14H2,1H3,(H,24,25)/t15-,20+/m1/s1. The molecule has 0 amide bonds. The third-order valence-electron chi connectivity index (χ3n) is 6.19. The molecule has 0 radical (unpaired) electrons. The minimum atomic E-state index is -3.47. The van der Waals surface area contributed by atoms with Gasteiger partial charge in [0.15, 0.2) is 0 Å². The molecule has 156 valence electrons. The second kappa shape index (κ2) is 7.41. The van der Waals surface area contributed by atoms with E-state index in [4.69, 9.17) is 11.6 Å². The Labute approximate surface area is 180 Å². The Kier molecular flexibility index (Phi) is 4.84. The van der Waals surface area contributed by atoms with Crippen molar-refractivity contribution < 1.29 is 8.42 Å². The molecule has 1 aromatic carbocycles. The first-order valence-electron chi connectivity index (χ1n) is 10.1. The normalized spacial score (nSPS) is 20.9. The molecule has 0 aliphatic carbocycles. The molecule has 0 bridgehead atoms. The van der Waals surface area contributed by atoms with Crippen molar-refractivity contribution >= 4 is 43.6 Å². The number of hydrogen-bond acceptors (Lipinski definition) is 3. The van der Waals surface area contributed by atoms with Gasteiger partial charge in [0.25, 0.3) is 0 Å². The first-order chi connectivity index (χ1) is 14.4. The number of nitrogens with one attached hydrogen (secondary N) is 1. The third kappa shape index (κ3) is 3.31. The summed E-state index contributed by atoms with van der Waals surface area (Å²) >= 11 is 6.22. The number of hydrogen-bond donors (Lipinski definition) is 1. The fourth-order valence-corrected chi connectivity index (χ4v) is 6.34. The fourth-order valence-electron chi connectivity index (χ4n) is 4.47. The second-order valence-electron chi connectivity index (χ2n) is 8.06. The Bertz CT molecular complexity index is 1330. The van der Waals surface area contributed by atoms with Gasteiger partial charge in [-0.25, -0.2) is 13.4 Å². The van der Waals surface area contributed by atoms with Crippen molar-refractivity contribution in [1.29, 1.82) is 0 Å². The number of piperidine rings is 1. The molecule has 5 rings (SSSR count). The van der Waals surface area contributed by atoms with Crippen LogP contribution in [0.4, 0.5) is 0 Å². The van der Waals surface area contributed by atoms with Gasteiger partial charge >= 0.3 is 0 Å². The van der Waals surface area contributed by atoms with Crippen molar-refractivity contribution in [1.82, 2.24) is 18.8 Å². The van der Waals surface area contributed by atoms with Gasteiger partial charge in [-0.1, -0.05) is 36.7 Å². The molecule has 1 fully saturated rings. The maximum absolute atomic E-state index is 13.2. The van der Waals surface area contributed by atoms with Crippen molar-refractivity contribution in [2.24, 2.45) is 5.92 Å². The highest BCUT2D eigenvalue weighted by molar-refractivity contribution is 7.88. The lowest BCUT2D eigenvalue weighted by Gasteiger charge is -2.37. The van der Waals surface area contributed by atoms with Gasteiger partial charge in [-0.2, -0.15) is 4.31 Å². The number of aromatic amines is 1. The number of aromatic nitrogens is 3. The van der Waals surface area contributed by atoms with Crippen molar-refractivity contribution in [3.05, 3.63) is 65.6 Å². The van der Waals surface area contributed by atoms with Crippen LogP contribution in [0.1, 0.15) is 24.9 Å². The Morgan fingerprint density at radius 1 is 1.23 bits per heavy atom. The van der Waals surface area contributed by atoms with Crippen LogP contribution in [0.2, 0.25) is 5.02 Å². The molecule has 0 unspecified atom stereocenters. The lowest BCUT2D eigenvalue weighted by Crippen LogP contribution is -2.44. The van der Waals surface area contributed by atoms with Crippen LogP contribution in [0.25, 0.3) is 21.9 Å². The predicted molar refractivity (Wildman–Crippen MR) is 120 cm³/mol. The molecule has 30 heavy (non-hydrogen) atoms. The average Bonchev–Trinajstić information content (AvgIpc) is 3.36. The second-order valence-corrected chi connectivity index (χ2v) is 10.4. The van der Waals surface area contributed by atoms with Crippen LogP contribution in [0.5, 0.6) is 0 Å². The van der Waals surface area contributed by atoms with Gasteiger partial charge in [0.2, 0.25) is 10.0 Å². The van der Waals surface area contributed by atoms with Gasteiger partial charge in [-0.3, -0.25) is 0 Å². The van der Waals surface area contributed by atoms with Crippen LogP contribution in [0.3, 0.4) is 0 Å². The molecule has 0 saturated carbocycles. The fraction of sp³-hybridized carbons (Fsp3) is 0.318. The van der Waals surface area contributed by atoms with Crippen LogP contribution in [0, 0.1) is 5.92 Å². The molecule has 1 aliphatic heterocycles. The average molecular weight is 443 g/mol. The van der Waals surface area contributed by atoms with E-state index in [9.17, 15) is 8.42 Å². The Hall–Kier alpha value is -2.35. The predicted octanol–water partition coefficient (Wildman–Crippen LogP) is 4.58. The molecule has 1 N–H and O–H groups in total. The monoisotopic (exact) mass is 442 g/mol. The smallest absolute Gasteiger partial charge is 0.218 e. The molecule has 8 heteroatoms. The molecule has 3 aromatic heterocycles. The maximum Gasteiger partial charge on any atom is 0.218 e. The van der Waals surface area contributed by atoms with Crippen molar-refractivity contribution in [3.8, 4) is 0 Å². The molecular weight excluding hydrogens is 420 g/mol. The van der Waals surface area contributed by atoms with Gasteiger partial charge in [0.1, 0.15) is 5.65 Å². The van der Waals surface area contributed by atoms with E-state index in [1.165, 1.54) is 0 Å². The van der Waals surface area contributed by atoms with Crippen molar-refractivity contribution in [2.75, 3.05) is 13.1 Å². The number of sulfonamides is 1. The zero-order valence-corrected chi connectivity index (χ0v) is 18.2. The van der Waals surface area contributed by atoms with E-state index in [0.29, 0.717) is 29.6 Å². The summed E-state index contributed by atoms with van der Waals surface area (Å²) in [7, 11) is -3.47. The Morgan fingerprint density at radius 2 is 2.07 bits per heavy atom. The third-order valence-corrected chi connectivity index (χ3v) is 8.35. The van der Waals surface area contributed by atoms with Gasteiger partial charge in [-0.05, 0) is 36.1 Å². The molecule has 4 aromatic rings. The molecule has 4 heterocycles. The maximum atomic E-state index is 13.2. The minimum absolute atomic E-state index is 0.0535.